The van der Waals surface area contributed by atoms with Crippen molar-refractivity contribution in [3.8, 4) is 0 Å². The smallest absolute Gasteiger partial charge is 0.271 e. The number of hydrogen-bond donors (Lipinski definition) is 1. The van der Waals surface area contributed by atoms with E-state index >= 15 is 0 Å². The van der Waals surface area contributed by atoms with E-state index in [-0.39, 0.29) is 17.4 Å². The van der Waals surface area contributed by atoms with Gasteiger partial charge in [0.25, 0.3) is 5.91 Å². The molecule has 1 heterocycles. The van der Waals surface area contributed by atoms with Crippen LogP contribution in [0.2, 0.25) is 0 Å². The highest BCUT2D eigenvalue weighted by Crippen LogP contribution is 2.30. The Labute approximate surface area is 182 Å². The first-order chi connectivity index (χ1) is 15.1. The monoisotopic (exact) mass is 427 g/mol. The van der Waals surface area contributed by atoms with Crippen molar-refractivity contribution in [2.75, 3.05) is 0 Å². The van der Waals surface area contributed by atoms with E-state index < -0.39 is 0 Å². The van der Waals surface area contributed by atoms with Crippen LogP contribution in [0.4, 0.5) is 0 Å². The van der Waals surface area contributed by atoms with E-state index in [1.54, 1.807) is 36.3 Å². The molecule has 0 bridgehead atoms. The lowest BCUT2D eigenvalue weighted by Crippen LogP contribution is -2.22. The average molecular weight is 427 g/mol. The fourth-order valence-electron chi connectivity index (χ4n) is 3.56. The van der Waals surface area contributed by atoms with Crippen LogP contribution in [0.3, 0.4) is 0 Å². The maximum Gasteiger partial charge on any atom is 0.271 e. The van der Waals surface area contributed by atoms with Gasteiger partial charge in [-0.1, -0.05) is 60.3 Å². The molecule has 0 atom stereocenters. The number of benzene rings is 3. The molecule has 0 saturated carbocycles. The molecule has 1 aliphatic rings. The molecule has 7 nitrogen and oxygen atoms in total. The van der Waals surface area contributed by atoms with E-state index in [4.69, 9.17) is 0 Å². The molecule has 0 aliphatic heterocycles. The molecule has 1 N–H and O–H groups in total. The van der Waals surface area contributed by atoms with Gasteiger partial charge in [-0.05, 0) is 23.1 Å². The Hall–Kier alpha value is -3.78. The Kier molecular flexibility index (Phi) is 4.83. The maximum absolute atomic E-state index is 12.8. The number of ketones is 1. The van der Waals surface area contributed by atoms with E-state index in [1.807, 2.05) is 54.1 Å². The number of Topliss-reactive ketones (excluding diaryl/α,β-unsaturated/α-hetero) is 1. The van der Waals surface area contributed by atoms with Crippen LogP contribution in [0.1, 0.15) is 31.8 Å². The largest absolute Gasteiger partial charge is 0.312 e. The number of nitrogens with zero attached hydrogens (tertiary/aromatic N) is 4. The van der Waals surface area contributed by atoms with Crippen molar-refractivity contribution in [1.82, 2.24) is 20.2 Å². The molecular weight excluding hydrogens is 410 g/mol. The van der Waals surface area contributed by atoms with Crippen LogP contribution in [-0.4, -0.2) is 32.2 Å². The fraction of sp³-hybridized carbons (Fsp3) is 0.0870. The summed E-state index contributed by atoms with van der Waals surface area (Å²) in [7, 11) is 1.89. The van der Waals surface area contributed by atoms with Crippen molar-refractivity contribution >= 4 is 39.9 Å². The molecule has 1 aromatic heterocycles. The van der Waals surface area contributed by atoms with E-state index in [0.717, 1.165) is 27.1 Å². The van der Waals surface area contributed by atoms with Gasteiger partial charge in [0.1, 0.15) is 12.0 Å². The van der Waals surface area contributed by atoms with Gasteiger partial charge in [-0.3, -0.25) is 9.59 Å². The number of carbonyl (C=O) groups excluding carboxylic acids is 2. The second kappa shape index (κ2) is 7.81. The molecule has 1 amide bonds. The van der Waals surface area contributed by atoms with E-state index in [9.17, 15) is 9.59 Å². The summed E-state index contributed by atoms with van der Waals surface area (Å²) < 4.78 is 1.86. The van der Waals surface area contributed by atoms with Crippen LogP contribution in [-0.2, 0) is 12.8 Å². The molecule has 0 radical (unpaired) electrons. The molecule has 1 aliphatic carbocycles. The zero-order valence-corrected chi connectivity index (χ0v) is 17.4. The number of thioether (sulfide) groups is 1. The molecule has 4 aromatic rings. The Balaban J connectivity index is 1.30. The predicted molar refractivity (Wildman–Crippen MR) is 119 cm³/mol. The molecule has 8 heteroatoms. The number of rotatable bonds is 5. The SMILES string of the molecule is Cn1cnnc1SCc1ccc(C(=O)N/N=C2\C(=O)c3cccc4cccc2c34)cc1. The van der Waals surface area contributed by atoms with Crippen LogP contribution < -0.4 is 5.43 Å². The normalized spacial score (nSPS) is 13.8. The number of hydrazone groups is 1. The second-order valence-electron chi connectivity index (χ2n) is 7.15. The van der Waals surface area contributed by atoms with E-state index in [0.29, 0.717) is 16.9 Å². The van der Waals surface area contributed by atoms with Crippen molar-refractivity contribution in [3.63, 3.8) is 0 Å². The fourth-order valence-corrected chi connectivity index (χ4v) is 4.41. The minimum atomic E-state index is -0.365. The first-order valence-electron chi connectivity index (χ1n) is 9.62. The molecule has 152 valence electrons. The first kappa shape index (κ1) is 19.2. The minimum Gasteiger partial charge on any atom is -0.312 e. The Morgan fingerprint density at radius 2 is 1.81 bits per heavy atom. The number of amides is 1. The molecule has 0 fully saturated rings. The average Bonchev–Trinajstić information content (AvgIpc) is 3.33. The summed E-state index contributed by atoms with van der Waals surface area (Å²) in [5, 5.41) is 14.8. The standard InChI is InChI=1S/C23H17N5O2S/c1-28-13-24-27-23(28)31-12-14-8-10-16(11-9-14)22(30)26-25-20-17-6-2-4-15-5-3-7-18(19(15)17)21(20)29/h2-11,13H,12H2,1H3,(H,26,30)/b25-20-. The van der Waals surface area contributed by atoms with Gasteiger partial charge in [-0.15, -0.1) is 10.2 Å². The van der Waals surface area contributed by atoms with Crippen LogP contribution in [0.25, 0.3) is 10.8 Å². The predicted octanol–water partition coefficient (Wildman–Crippen LogP) is 3.59. The van der Waals surface area contributed by atoms with Gasteiger partial charge < -0.3 is 4.57 Å². The Morgan fingerprint density at radius 1 is 1.06 bits per heavy atom. The number of aromatic nitrogens is 3. The molecule has 5 rings (SSSR count). The Morgan fingerprint density at radius 3 is 2.52 bits per heavy atom. The van der Waals surface area contributed by atoms with Crippen LogP contribution in [0.15, 0.2) is 77.2 Å². The lowest BCUT2D eigenvalue weighted by Gasteiger charge is -2.04. The first-order valence-corrected chi connectivity index (χ1v) is 10.6. The number of nitrogens with one attached hydrogen (secondary N) is 1. The third-order valence-corrected chi connectivity index (χ3v) is 6.25. The number of aryl methyl sites for hydroxylation is 1. The number of hydrogen-bond acceptors (Lipinski definition) is 6. The summed E-state index contributed by atoms with van der Waals surface area (Å²) in [5.41, 5.74) is 5.68. The van der Waals surface area contributed by atoms with Gasteiger partial charge in [-0.25, -0.2) is 5.43 Å². The molecule has 0 saturated heterocycles. The van der Waals surface area contributed by atoms with Crippen molar-refractivity contribution < 1.29 is 9.59 Å². The topological polar surface area (TPSA) is 89.2 Å². The summed E-state index contributed by atoms with van der Waals surface area (Å²) >= 11 is 1.57. The molecular formula is C23H17N5O2S. The van der Waals surface area contributed by atoms with Gasteiger partial charge in [0, 0.05) is 34.9 Å². The second-order valence-corrected chi connectivity index (χ2v) is 8.09. The Bertz CT molecular complexity index is 1350. The van der Waals surface area contributed by atoms with Crippen molar-refractivity contribution in [1.29, 1.82) is 0 Å². The van der Waals surface area contributed by atoms with Crippen molar-refractivity contribution in [2.24, 2.45) is 12.1 Å². The minimum absolute atomic E-state index is 0.178. The van der Waals surface area contributed by atoms with E-state index in [1.165, 1.54) is 0 Å². The van der Waals surface area contributed by atoms with Gasteiger partial charge in [0.2, 0.25) is 5.78 Å². The summed E-state index contributed by atoms with van der Waals surface area (Å²) in [5.74, 6) is 0.173. The van der Waals surface area contributed by atoms with Crippen LogP contribution in [0, 0.1) is 0 Å². The lowest BCUT2D eigenvalue weighted by atomic mass is 10.1. The summed E-state index contributed by atoms with van der Waals surface area (Å²) in [4.78, 5) is 25.3. The zero-order valence-electron chi connectivity index (χ0n) is 16.6. The summed E-state index contributed by atoms with van der Waals surface area (Å²) in [6.45, 7) is 0. The molecule has 0 unspecified atom stereocenters. The van der Waals surface area contributed by atoms with Crippen molar-refractivity contribution in [2.45, 2.75) is 10.9 Å². The number of carbonyl (C=O) groups is 2. The zero-order chi connectivity index (χ0) is 21.4. The van der Waals surface area contributed by atoms with Crippen molar-refractivity contribution in [3.05, 3.63) is 89.2 Å². The molecule has 0 spiro atoms. The van der Waals surface area contributed by atoms with E-state index in [2.05, 4.69) is 20.7 Å². The summed E-state index contributed by atoms with van der Waals surface area (Å²) in [6.07, 6.45) is 1.66. The lowest BCUT2D eigenvalue weighted by molar-refractivity contribution is 0.0955. The third kappa shape index (κ3) is 3.51. The van der Waals surface area contributed by atoms with Crippen LogP contribution >= 0.6 is 11.8 Å². The third-order valence-electron chi connectivity index (χ3n) is 5.14. The molecule has 3 aromatic carbocycles. The van der Waals surface area contributed by atoms with Gasteiger partial charge in [-0.2, -0.15) is 5.10 Å². The van der Waals surface area contributed by atoms with Gasteiger partial charge >= 0.3 is 0 Å². The molecule has 31 heavy (non-hydrogen) atoms. The van der Waals surface area contributed by atoms with Gasteiger partial charge in [0.05, 0.1) is 0 Å². The quantitative estimate of drug-likeness (QED) is 0.388. The summed E-state index contributed by atoms with van der Waals surface area (Å²) in [6, 6.07) is 18.6. The maximum atomic E-state index is 12.8. The van der Waals surface area contributed by atoms with Gasteiger partial charge in [0.15, 0.2) is 5.16 Å². The highest BCUT2D eigenvalue weighted by Gasteiger charge is 2.28. The highest BCUT2D eigenvalue weighted by atomic mass is 32.2. The van der Waals surface area contributed by atoms with Crippen LogP contribution in [0.5, 0.6) is 0 Å². The highest BCUT2D eigenvalue weighted by molar-refractivity contribution is 7.98.